The first-order valence-electron chi connectivity index (χ1n) is 9.28. The predicted octanol–water partition coefficient (Wildman–Crippen LogP) is 2.52. The van der Waals surface area contributed by atoms with Crippen LogP contribution in [-0.2, 0) is 14.8 Å². The van der Waals surface area contributed by atoms with Gasteiger partial charge in [0.05, 0.1) is 11.4 Å². The molecule has 0 saturated heterocycles. The molecular weight excluding hydrogens is 392 g/mol. The van der Waals surface area contributed by atoms with Crippen LogP contribution < -0.4 is 14.8 Å². The Bertz CT molecular complexity index is 940. The van der Waals surface area contributed by atoms with E-state index in [-0.39, 0.29) is 17.4 Å². The Morgan fingerprint density at radius 1 is 1.10 bits per heavy atom. The molecule has 0 unspecified atom stereocenters. The number of sulfonamides is 1. The summed E-state index contributed by atoms with van der Waals surface area (Å²) in [5.41, 5.74) is 2.04. The van der Waals surface area contributed by atoms with Crippen molar-refractivity contribution in [1.82, 2.24) is 9.62 Å². The van der Waals surface area contributed by atoms with E-state index in [1.165, 1.54) is 26.2 Å². The molecule has 0 fully saturated rings. The van der Waals surface area contributed by atoms with E-state index in [9.17, 15) is 13.2 Å². The first-order chi connectivity index (χ1) is 13.6. The fourth-order valence-corrected chi connectivity index (χ4v) is 3.39. The van der Waals surface area contributed by atoms with Crippen LogP contribution >= 0.6 is 0 Å². The zero-order valence-corrected chi connectivity index (χ0v) is 18.2. The Labute approximate surface area is 172 Å². The van der Waals surface area contributed by atoms with Gasteiger partial charge < -0.3 is 14.8 Å². The van der Waals surface area contributed by atoms with Crippen molar-refractivity contribution in [2.24, 2.45) is 0 Å². The highest BCUT2D eigenvalue weighted by atomic mass is 32.2. The molecule has 8 heteroatoms. The number of carbonyl (C=O) groups is 1. The molecule has 2 aromatic rings. The van der Waals surface area contributed by atoms with Gasteiger partial charge >= 0.3 is 0 Å². The highest BCUT2D eigenvalue weighted by Gasteiger charge is 2.17. The third-order valence-electron chi connectivity index (χ3n) is 4.29. The molecular formula is C21H28N2O5S. The fourth-order valence-electron chi connectivity index (χ4n) is 2.48. The quantitative estimate of drug-likeness (QED) is 0.630. The van der Waals surface area contributed by atoms with Crippen molar-refractivity contribution in [3.8, 4) is 11.5 Å². The van der Waals surface area contributed by atoms with Crippen molar-refractivity contribution in [3.63, 3.8) is 0 Å². The van der Waals surface area contributed by atoms with E-state index in [0.717, 1.165) is 15.4 Å². The predicted molar refractivity (Wildman–Crippen MR) is 112 cm³/mol. The van der Waals surface area contributed by atoms with Gasteiger partial charge in [0.1, 0.15) is 18.1 Å². The van der Waals surface area contributed by atoms with E-state index in [2.05, 4.69) is 5.32 Å². The smallest absolute Gasteiger partial charge is 0.260 e. The summed E-state index contributed by atoms with van der Waals surface area (Å²) in [6, 6.07) is 12.0. The highest BCUT2D eigenvalue weighted by Crippen LogP contribution is 2.20. The number of carbonyl (C=O) groups excluding carboxylic acids is 1. The number of benzene rings is 2. The van der Waals surface area contributed by atoms with Crippen molar-refractivity contribution in [2.45, 2.75) is 31.8 Å². The molecule has 2 aromatic carbocycles. The molecule has 0 bridgehead atoms. The number of nitrogens with one attached hydrogen (secondary N) is 1. The Morgan fingerprint density at radius 2 is 1.76 bits per heavy atom. The maximum atomic E-state index is 12.2. The summed E-state index contributed by atoms with van der Waals surface area (Å²) in [4.78, 5) is 12.4. The van der Waals surface area contributed by atoms with Crippen LogP contribution in [0.1, 0.15) is 18.1 Å². The Kier molecular flexibility index (Phi) is 7.64. The molecule has 0 aliphatic heterocycles. The van der Waals surface area contributed by atoms with Crippen LogP contribution in [0.2, 0.25) is 0 Å². The van der Waals surface area contributed by atoms with Gasteiger partial charge in [-0.05, 0) is 62.2 Å². The van der Waals surface area contributed by atoms with Crippen LogP contribution in [0.15, 0.2) is 47.4 Å². The van der Waals surface area contributed by atoms with E-state index < -0.39 is 16.1 Å². The molecule has 0 aliphatic rings. The van der Waals surface area contributed by atoms with Gasteiger partial charge in [0.15, 0.2) is 6.10 Å². The lowest BCUT2D eigenvalue weighted by Gasteiger charge is -2.17. The highest BCUT2D eigenvalue weighted by molar-refractivity contribution is 7.89. The topological polar surface area (TPSA) is 84.9 Å². The maximum absolute atomic E-state index is 12.2. The molecule has 0 spiro atoms. The van der Waals surface area contributed by atoms with Gasteiger partial charge in [0.25, 0.3) is 5.91 Å². The van der Waals surface area contributed by atoms with Crippen LogP contribution in [0.4, 0.5) is 0 Å². The second-order valence-corrected chi connectivity index (χ2v) is 9.08. The third-order valence-corrected chi connectivity index (χ3v) is 6.12. The Balaban J connectivity index is 1.79. The Hall–Kier alpha value is -2.58. The fraction of sp³-hybridized carbons (Fsp3) is 0.381. The number of amides is 1. The van der Waals surface area contributed by atoms with Gasteiger partial charge in [-0.25, -0.2) is 12.7 Å². The zero-order chi connectivity index (χ0) is 21.6. The molecule has 1 N–H and O–H groups in total. The lowest BCUT2D eigenvalue weighted by atomic mass is 10.1. The summed E-state index contributed by atoms with van der Waals surface area (Å²) in [5, 5.41) is 2.77. The average Bonchev–Trinajstić information content (AvgIpc) is 2.68. The first-order valence-corrected chi connectivity index (χ1v) is 10.7. The maximum Gasteiger partial charge on any atom is 0.260 e. The van der Waals surface area contributed by atoms with Crippen molar-refractivity contribution < 1.29 is 22.7 Å². The summed E-state index contributed by atoms with van der Waals surface area (Å²) >= 11 is 0. The molecule has 0 aromatic heterocycles. The van der Waals surface area contributed by atoms with Gasteiger partial charge in [-0.1, -0.05) is 12.1 Å². The SMILES string of the molecule is Cc1ccc(C)c(O[C@@H](C)C(=O)NCCOc2ccc(S(=O)(=O)N(C)C)cc2)c1. The zero-order valence-electron chi connectivity index (χ0n) is 17.4. The number of hydrogen-bond acceptors (Lipinski definition) is 5. The monoisotopic (exact) mass is 420 g/mol. The molecule has 1 atom stereocenters. The first kappa shape index (κ1) is 22.7. The summed E-state index contributed by atoms with van der Waals surface area (Å²) in [5.74, 6) is 0.982. The van der Waals surface area contributed by atoms with Gasteiger partial charge in [-0.3, -0.25) is 4.79 Å². The van der Waals surface area contributed by atoms with E-state index in [0.29, 0.717) is 18.0 Å². The largest absolute Gasteiger partial charge is 0.492 e. The van der Waals surface area contributed by atoms with Crippen LogP contribution in [-0.4, -0.2) is 52.0 Å². The van der Waals surface area contributed by atoms with E-state index in [1.54, 1.807) is 19.1 Å². The molecule has 0 heterocycles. The van der Waals surface area contributed by atoms with Crippen molar-refractivity contribution in [2.75, 3.05) is 27.2 Å². The van der Waals surface area contributed by atoms with E-state index in [4.69, 9.17) is 9.47 Å². The second kappa shape index (κ2) is 9.76. The molecule has 29 heavy (non-hydrogen) atoms. The summed E-state index contributed by atoms with van der Waals surface area (Å²) in [6.07, 6.45) is -0.633. The minimum Gasteiger partial charge on any atom is -0.492 e. The van der Waals surface area contributed by atoms with Crippen LogP contribution in [0, 0.1) is 13.8 Å². The van der Waals surface area contributed by atoms with Crippen molar-refractivity contribution in [3.05, 3.63) is 53.6 Å². The van der Waals surface area contributed by atoms with Gasteiger partial charge in [-0.15, -0.1) is 0 Å². The second-order valence-electron chi connectivity index (χ2n) is 6.93. The molecule has 158 valence electrons. The molecule has 2 rings (SSSR count). The van der Waals surface area contributed by atoms with Gasteiger partial charge in [0, 0.05) is 14.1 Å². The third kappa shape index (κ3) is 6.20. The average molecular weight is 421 g/mol. The number of aryl methyl sites for hydroxylation is 2. The standard InChI is InChI=1S/C21H28N2O5S/c1-15-6-7-16(2)20(14-15)28-17(3)21(24)22-12-13-27-18-8-10-19(11-9-18)29(25,26)23(4)5/h6-11,14,17H,12-13H2,1-5H3,(H,22,24)/t17-/m0/s1. The summed E-state index contributed by atoms with van der Waals surface area (Å²) in [6.45, 7) is 6.15. The number of rotatable bonds is 9. The number of ether oxygens (including phenoxy) is 2. The van der Waals surface area contributed by atoms with Crippen LogP contribution in [0.3, 0.4) is 0 Å². The van der Waals surface area contributed by atoms with Gasteiger partial charge in [-0.2, -0.15) is 0 Å². The minimum atomic E-state index is -3.46. The Morgan fingerprint density at radius 3 is 2.38 bits per heavy atom. The lowest BCUT2D eigenvalue weighted by Crippen LogP contribution is -2.38. The number of hydrogen-bond donors (Lipinski definition) is 1. The van der Waals surface area contributed by atoms with Crippen LogP contribution in [0.25, 0.3) is 0 Å². The molecule has 7 nitrogen and oxygen atoms in total. The van der Waals surface area contributed by atoms with Gasteiger partial charge in [0.2, 0.25) is 10.0 Å². The molecule has 0 radical (unpaired) electrons. The summed E-state index contributed by atoms with van der Waals surface area (Å²) in [7, 11) is -0.505. The molecule has 0 aliphatic carbocycles. The minimum absolute atomic E-state index is 0.195. The van der Waals surface area contributed by atoms with Crippen molar-refractivity contribution in [1.29, 1.82) is 0 Å². The molecule has 0 saturated carbocycles. The normalized spacial score (nSPS) is 12.5. The number of nitrogens with zero attached hydrogens (tertiary/aromatic N) is 1. The molecule has 1 amide bonds. The summed E-state index contributed by atoms with van der Waals surface area (Å²) < 4.78 is 36.5. The lowest BCUT2D eigenvalue weighted by molar-refractivity contribution is -0.127. The van der Waals surface area contributed by atoms with E-state index in [1.807, 2.05) is 32.0 Å². The van der Waals surface area contributed by atoms with Crippen LogP contribution in [0.5, 0.6) is 11.5 Å². The van der Waals surface area contributed by atoms with Crippen molar-refractivity contribution >= 4 is 15.9 Å². The van der Waals surface area contributed by atoms with E-state index >= 15 is 0 Å².